The summed E-state index contributed by atoms with van der Waals surface area (Å²) in [6.45, 7) is 2.08. The van der Waals surface area contributed by atoms with E-state index < -0.39 is 9.17 Å². The van der Waals surface area contributed by atoms with Gasteiger partial charge in [-0.3, -0.25) is 4.46 Å². The van der Waals surface area contributed by atoms with Gasteiger partial charge in [-0.2, -0.15) is 0 Å². The highest BCUT2D eigenvalue weighted by molar-refractivity contribution is 6.22. The summed E-state index contributed by atoms with van der Waals surface area (Å²) in [6.07, 6.45) is 1.50. The van der Waals surface area contributed by atoms with Gasteiger partial charge >= 0.3 is 9.17 Å². The Morgan fingerprint density at radius 3 is 1.41 bits per heavy atom. The van der Waals surface area contributed by atoms with E-state index in [1.54, 1.807) is 0 Å². The van der Waals surface area contributed by atoms with Crippen LogP contribution in [0.1, 0.15) is 5.56 Å². The number of carbonyl (C=O) groups excluding carboxylic acids is 2. The van der Waals surface area contributed by atoms with E-state index in [9.17, 15) is 0 Å². The van der Waals surface area contributed by atoms with Gasteiger partial charge in [0.1, 0.15) is 0 Å². The Morgan fingerprint density at radius 2 is 1.29 bits per heavy atom. The van der Waals surface area contributed by atoms with Gasteiger partial charge in [0.05, 0.1) is 0 Å². The second-order valence-electron chi connectivity index (χ2n) is 2.14. The maximum Gasteiger partial charge on any atom is 0.761 e. The van der Waals surface area contributed by atoms with E-state index in [4.69, 9.17) is 34.5 Å². The summed E-state index contributed by atoms with van der Waals surface area (Å²) in [5, 5.41) is 10.8. The molecule has 7 nitrogen and oxygen atoms in total. The zero-order valence-electron chi connectivity index (χ0n) is 9.01. The van der Waals surface area contributed by atoms with Crippen LogP contribution < -0.4 is 0 Å². The molecule has 0 unspecified atom stereocenters. The lowest BCUT2D eigenvalue weighted by Gasteiger charge is -1.82. The second kappa shape index (κ2) is 19.2. The van der Waals surface area contributed by atoms with E-state index in [0.717, 1.165) is 12.2 Å². The zero-order chi connectivity index (χ0) is 14.1. The Hall–Kier alpha value is -2.40. The molecule has 0 bridgehead atoms. The van der Waals surface area contributed by atoms with Crippen LogP contribution in [0.2, 0.25) is 0 Å². The van der Waals surface area contributed by atoms with E-state index in [-0.39, 0.29) is 0 Å². The fourth-order valence-electron chi connectivity index (χ4n) is 0.534. The van der Waals surface area contributed by atoms with Crippen LogP contribution in [-0.4, -0.2) is 30.9 Å². The number of rotatable bonds is 0. The molecule has 1 aromatic rings. The van der Waals surface area contributed by atoms with Crippen LogP contribution in [0, 0.1) is 17.7 Å². The Labute approximate surface area is 99.3 Å². The van der Waals surface area contributed by atoms with E-state index in [0.29, 0.717) is 0 Å². The monoisotopic (exact) mass is 256 g/mol. The third-order valence-corrected chi connectivity index (χ3v) is 0.940. The van der Waals surface area contributed by atoms with E-state index in [1.165, 1.54) is 5.56 Å². The van der Waals surface area contributed by atoms with Gasteiger partial charge < -0.3 is 9.59 Å². The van der Waals surface area contributed by atoms with Crippen molar-refractivity contribution in [2.24, 2.45) is 0 Å². The van der Waals surface area contributed by atoms with Crippen molar-refractivity contribution in [3.8, 4) is 0 Å². The van der Waals surface area contributed by atoms with Crippen LogP contribution >= 0.6 is 0 Å². The Kier molecular flexibility index (Phi) is 22.7. The lowest BCUT2D eigenvalue weighted by Crippen LogP contribution is -1.90. The number of benzene rings is 1. The SMILES string of the molecule is Cc1ccccc1.N=C=O.N=C=O.O=[Si](O)O. The quantitative estimate of drug-likeness (QED) is 0.298. The minimum atomic E-state index is -3.13. The molecule has 0 fully saturated rings. The van der Waals surface area contributed by atoms with Crippen LogP contribution in [-0.2, 0) is 14.1 Å². The molecular formula is C9H12N2O5Si. The van der Waals surface area contributed by atoms with Crippen LogP contribution in [0.25, 0.3) is 0 Å². The summed E-state index contributed by atoms with van der Waals surface area (Å²) in [6, 6.07) is 10.3. The van der Waals surface area contributed by atoms with Crippen LogP contribution in [0.4, 0.5) is 0 Å². The predicted molar refractivity (Wildman–Crippen MR) is 58.9 cm³/mol. The third-order valence-electron chi connectivity index (χ3n) is 0.940. The second-order valence-corrected chi connectivity index (χ2v) is 2.71. The van der Waals surface area contributed by atoms with Crippen molar-refractivity contribution in [3.05, 3.63) is 35.9 Å². The summed E-state index contributed by atoms with van der Waals surface area (Å²) in [4.78, 5) is 31.0. The van der Waals surface area contributed by atoms with E-state index in [2.05, 4.69) is 19.1 Å². The average Bonchev–Trinajstić information content (AvgIpc) is 2.20. The number of nitrogens with one attached hydrogen (secondary N) is 2. The van der Waals surface area contributed by atoms with Crippen molar-refractivity contribution in [3.63, 3.8) is 0 Å². The van der Waals surface area contributed by atoms with Crippen LogP contribution in [0.15, 0.2) is 30.3 Å². The van der Waals surface area contributed by atoms with Gasteiger partial charge in [-0.05, 0) is 6.92 Å². The van der Waals surface area contributed by atoms with Gasteiger partial charge in [0, 0.05) is 0 Å². The van der Waals surface area contributed by atoms with Crippen molar-refractivity contribution in [1.29, 1.82) is 10.8 Å². The van der Waals surface area contributed by atoms with Gasteiger partial charge in [0.15, 0.2) is 0 Å². The molecule has 0 aliphatic carbocycles. The molecule has 0 radical (unpaired) electrons. The van der Waals surface area contributed by atoms with Crippen LogP contribution in [0.3, 0.4) is 0 Å². The van der Waals surface area contributed by atoms with Crippen molar-refractivity contribution in [2.75, 3.05) is 0 Å². The van der Waals surface area contributed by atoms with Crippen molar-refractivity contribution < 1.29 is 23.6 Å². The predicted octanol–water partition coefficient (Wildman–Crippen LogP) is 0.183. The fraction of sp³-hybridized carbons (Fsp3) is 0.111. The molecular weight excluding hydrogens is 244 g/mol. The van der Waals surface area contributed by atoms with Crippen LogP contribution in [0.5, 0.6) is 0 Å². The van der Waals surface area contributed by atoms with Gasteiger partial charge in [-0.1, -0.05) is 35.9 Å². The molecule has 8 heteroatoms. The first-order valence-corrected chi connectivity index (χ1v) is 5.27. The molecule has 0 aromatic heterocycles. The maximum atomic E-state index is 8.74. The molecule has 0 amide bonds. The first-order valence-electron chi connectivity index (χ1n) is 3.97. The van der Waals surface area contributed by atoms with Crippen molar-refractivity contribution in [2.45, 2.75) is 6.92 Å². The molecule has 17 heavy (non-hydrogen) atoms. The summed E-state index contributed by atoms with van der Waals surface area (Å²) in [7, 11) is -3.13. The minimum Gasteiger partial charge on any atom is -0.511 e. The maximum absolute atomic E-state index is 8.74. The number of aryl methyl sites for hydroxylation is 1. The Morgan fingerprint density at radius 1 is 1.06 bits per heavy atom. The number of hydrogen-bond donors (Lipinski definition) is 4. The Balaban J connectivity index is -0.000000170. The summed E-state index contributed by atoms with van der Waals surface area (Å²) in [5.41, 5.74) is 1.32. The van der Waals surface area contributed by atoms with E-state index >= 15 is 0 Å². The minimum absolute atomic E-state index is 0.750. The van der Waals surface area contributed by atoms with Gasteiger partial charge in [-0.15, -0.1) is 0 Å². The van der Waals surface area contributed by atoms with E-state index in [1.807, 2.05) is 18.2 Å². The van der Waals surface area contributed by atoms with Gasteiger partial charge in [-0.25, -0.2) is 20.4 Å². The highest BCUT2D eigenvalue weighted by atomic mass is 28.3. The summed E-state index contributed by atoms with van der Waals surface area (Å²) < 4.78 is 8.74. The highest BCUT2D eigenvalue weighted by Gasteiger charge is 1.85. The highest BCUT2D eigenvalue weighted by Crippen LogP contribution is 1.92. The summed E-state index contributed by atoms with van der Waals surface area (Å²) in [5.74, 6) is 0. The topological polar surface area (TPSA) is 139 Å². The van der Waals surface area contributed by atoms with Gasteiger partial charge in [0.2, 0.25) is 12.2 Å². The fourth-order valence-corrected chi connectivity index (χ4v) is 0.534. The standard InChI is InChI=1S/C7H8.2CHNO.H2O3Si/c1-7-5-3-2-4-6-7;2*2-1-3;1-4(2)3/h2-6H,1H3;2*2H;1-2H. The third kappa shape index (κ3) is 58.4. The molecule has 1 rings (SSSR count). The van der Waals surface area contributed by atoms with Gasteiger partial charge in [0.25, 0.3) is 0 Å². The Bertz CT molecular complexity index is 341. The van der Waals surface area contributed by atoms with Crippen molar-refractivity contribution in [1.82, 2.24) is 0 Å². The lowest BCUT2D eigenvalue weighted by molar-refractivity contribution is 0.330. The first-order chi connectivity index (χ1) is 7.95. The summed E-state index contributed by atoms with van der Waals surface area (Å²) >= 11 is 0. The first kappa shape index (κ1) is 20.1. The largest absolute Gasteiger partial charge is 0.761 e. The number of hydrogen-bond acceptors (Lipinski definition) is 5. The average molecular weight is 256 g/mol. The number of isocyanates is 2. The molecule has 0 aliphatic heterocycles. The molecule has 1 aromatic carbocycles. The normalized spacial score (nSPS) is 5.94. The molecule has 0 heterocycles. The molecule has 92 valence electrons. The zero-order valence-corrected chi connectivity index (χ0v) is 10.0. The smallest absolute Gasteiger partial charge is 0.511 e. The molecule has 0 atom stereocenters. The molecule has 0 saturated heterocycles. The lowest BCUT2D eigenvalue weighted by atomic mass is 10.2. The van der Waals surface area contributed by atoms with Crippen molar-refractivity contribution >= 4 is 21.3 Å². The molecule has 0 saturated carbocycles. The molecule has 0 spiro atoms. The molecule has 4 N–H and O–H groups in total. The molecule has 0 aliphatic rings.